The zero-order chi connectivity index (χ0) is 17.6. The van der Waals surface area contributed by atoms with Gasteiger partial charge in [-0.2, -0.15) is 0 Å². The number of fused-ring (bicyclic) bond motifs is 1. The number of likely N-dealkylation sites (tertiary alicyclic amines) is 1. The highest BCUT2D eigenvalue weighted by atomic mass is 32.1. The van der Waals surface area contributed by atoms with Crippen molar-refractivity contribution < 1.29 is 9.90 Å². The summed E-state index contributed by atoms with van der Waals surface area (Å²) in [6.45, 7) is 6.80. The summed E-state index contributed by atoms with van der Waals surface area (Å²) < 4.78 is 2.14. The molecule has 1 fully saturated rings. The first-order valence-corrected chi connectivity index (χ1v) is 9.61. The van der Waals surface area contributed by atoms with Gasteiger partial charge in [0.2, 0.25) is 0 Å². The van der Waals surface area contributed by atoms with E-state index in [1.807, 2.05) is 22.4 Å². The van der Waals surface area contributed by atoms with Crippen LogP contribution in [0.3, 0.4) is 0 Å². The van der Waals surface area contributed by atoms with Crippen LogP contribution in [0.2, 0.25) is 0 Å². The maximum Gasteiger partial charge on any atom is 0.264 e. The van der Waals surface area contributed by atoms with Gasteiger partial charge in [-0.3, -0.25) is 9.69 Å². The Balaban J connectivity index is 1.55. The molecule has 2 aromatic rings. The Morgan fingerprint density at radius 3 is 2.92 bits per heavy atom. The van der Waals surface area contributed by atoms with Crippen molar-refractivity contribution in [1.29, 1.82) is 0 Å². The minimum absolute atomic E-state index is 0.0610. The van der Waals surface area contributed by atoms with Crippen molar-refractivity contribution in [1.82, 2.24) is 24.6 Å². The monoisotopic (exact) mass is 361 g/mol. The standard InChI is InChI=1S/C17H23N5O2S/c1-11(2)22-9-12(23)8-13(22)16-19-18-15-10-20(5-6-21(15)16)17(24)14-4-3-7-25-14/h3-4,7,11-13,23H,5-6,8-10H2,1-2H3/t12-,13+/m1/s1. The van der Waals surface area contributed by atoms with Crippen molar-refractivity contribution in [2.24, 2.45) is 0 Å². The molecule has 4 heterocycles. The van der Waals surface area contributed by atoms with Gasteiger partial charge in [0.05, 0.1) is 23.6 Å². The van der Waals surface area contributed by atoms with E-state index >= 15 is 0 Å². The van der Waals surface area contributed by atoms with Crippen molar-refractivity contribution in [3.8, 4) is 0 Å². The fourth-order valence-corrected chi connectivity index (χ4v) is 4.51. The highest BCUT2D eigenvalue weighted by Gasteiger charge is 2.38. The number of nitrogens with zero attached hydrogens (tertiary/aromatic N) is 5. The van der Waals surface area contributed by atoms with Crippen LogP contribution in [-0.2, 0) is 13.1 Å². The smallest absolute Gasteiger partial charge is 0.264 e. The summed E-state index contributed by atoms with van der Waals surface area (Å²) in [5.74, 6) is 1.81. The Morgan fingerprint density at radius 2 is 2.20 bits per heavy atom. The Bertz CT molecular complexity index is 757. The molecule has 0 aromatic carbocycles. The van der Waals surface area contributed by atoms with Gasteiger partial charge in [0.15, 0.2) is 11.6 Å². The van der Waals surface area contributed by atoms with Crippen LogP contribution >= 0.6 is 11.3 Å². The topological polar surface area (TPSA) is 74.5 Å². The average Bonchev–Trinajstić information content (AvgIpc) is 3.32. The lowest BCUT2D eigenvalue weighted by Gasteiger charge is -2.31. The molecule has 8 heteroatoms. The van der Waals surface area contributed by atoms with Crippen LogP contribution in [-0.4, -0.2) is 60.8 Å². The number of aliphatic hydroxyl groups is 1. The van der Waals surface area contributed by atoms with Crippen LogP contribution in [0, 0.1) is 0 Å². The highest BCUT2D eigenvalue weighted by molar-refractivity contribution is 7.12. The van der Waals surface area contributed by atoms with Gasteiger partial charge < -0.3 is 14.6 Å². The lowest BCUT2D eigenvalue weighted by molar-refractivity contribution is 0.0709. The van der Waals surface area contributed by atoms with Crippen molar-refractivity contribution >= 4 is 17.2 Å². The molecular weight excluding hydrogens is 338 g/mol. The summed E-state index contributed by atoms with van der Waals surface area (Å²) in [7, 11) is 0. The minimum Gasteiger partial charge on any atom is -0.392 e. The zero-order valence-corrected chi connectivity index (χ0v) is 15.3. The summed E-state index contributed by atoms with van der Waals surface area (Å²) in [6, 6.07) is 4.19. The second-order valence-electron chi connectivity index (χ2n) is 7.03. The maximum atomic E-state index is 12.6. The molecule has 0 unspecified atom stereocenters. The van der Waals surface area contributed by atoms with E-state index in [1.54, 1.807) is 0 Å². The van der Waals surface area contributed by atoms with Crippen LogP contribution in [0.25, 0.3) is 0 Å². The minimum atomic E-state index is -0.319. The van der Waals surface area contributed by atoms with E-state index in [4.69, 9.17) is 0 Å². The van der Waals surface area contributed by atoms with E-state index in [1.165, 1.54) is 11.3 Å². The molecule has 1 amide bonds. The molecule has 1 saturated heterocycles. The van der Waals surface area contributed by atoms with Gasteiger partial charge in [-0.1, -0.05) is 6.07 Å². The molecule has 7 nitrogen and oxygen atoms in total. The third kappa shape index (κ3) is 2.98. The summed E-state index contributed by atoms with van der Waals surface area (Å²) in [5.41, 5.74) is 0. The Labute approximate surface area is 150 Å². The number of aromatic nitrogens is 3. The van der Waals surface area contributed by atoms with Gasteiger partial charge in [-0.05, 0) is 31.7 Å². The third-order valence-corrected chi connectivity index (χ3v) is 5.94. The number of thiophene rings is 1. The molecular formula is C17H23N5O2S. The molecule has 2 atom stereocenters. The highest BCUT2D eigenvalue weighted by Crippen LogP contribution is 2.34. The lowest BCUT2D eigenvalue weighted by Crippen LogP contribution is -2.39. The van der Waals surface area contributed by atoms with Crippen molar-refractivity contribution in [3.63, 3.8) is 0 Å². The Kier molecular flexibility index (Phi) is 4.35. The number of rotatable bonds is 3. The summed E-state index contributed by atoms with van der Waals surface area (Å²) in [5, 5.41) is 20.8. The molecule has 0 spiro atoms. The fraction of sp³-hybridized carbons (Fsp3) is 0.588. The van der Waals surface area contributed by atoms with Crippen molar-refractivity contribution in [2.45, 2.75) is 51.5 Å². The molecule has 0 radical (unpaired) electrons. The van der Waals surface area contributed by atoms with E-state index in [2.05, 4.69) is 33.5 Å². The predicted molar refractivity (Wildman–Crippen MR) is 94.3 cm³/mol. The lowest BCUT2D eigenvalue weighted by atomic mass is 10.1. The zero-order valence-electron chi connectivity index (χ0n) is 14.5. The molecule has 2 aliphatic heterocycles. The van der Waals surface area contributed by atoms with Gasteiger partial charge in [0, 0.05) is 25.7 Å². The summed E-state index contributed by atoms with van der Waals surface area (Å²) in [4.78, 5) is 17.4. The molecule has 4 rings (SSSR count). The Hall–Kier alpha value is -1.77. The first-order chi connectivity index (χ1) is 12.0. The van der Waals surface area contributed by atoms with Crippen LogP contribution in [0.5, 0.6) is 0 Å². The van der Waals surface area contributed by atoms with E-state index in [0.29, 0.717) is 38.6 Å². The summed E-state index contributed by atoms with van der Waals surface area (Å²) >= 11 is 1.47. The van der Waals surface area contributed by atoms with Gasteiger partial charge in [-0.15, -0.1) is 21.5 Å². The van der Waals surface area contributed by atoms with Gasteiger partial charge in [0.1, 0.15) is 0 Å². The largest absolute Gasteiger partial charge is 0.392 e. The van der Waals surface area contributed by atoms with E-state index in [-0.39, 0.29) is 18.1 Å². The molecule has 134 valence electrons. The van der Waals surface area contributed by atoms with Gasteiger partial charge in [0.25, 0.3) is 5.91 Å². The van der Waals surface area contributed by atoms with E-state index in [9.17, 15) is 9.90 Å². The number of carbonyl (C=O) groups is 1. The number of aliphatic hydroxyl groups excluding tert-OH is 1. The quantitative estimate of drug-likeness (QED) is 0.897. The average molecular weight is 361 g/mol. The molecule has 2 aromatic heterocycles. The number of amides is 1. The third-order valence-electron chi connectivity index (χ3n) is 5.08. The molecule has 25 heavy (non-hydrogen) atoms. The number of β-amino-alcohol motifs (C(OH)–C–C–N with tert-alkyl or cyclic N) is 1. The molecule has 0 aliphatic carbocycles. The Morgan fingerprint density at radius 1 is 1.36 bits per heavy atom. The second kappa shape index (κ2) is 6.51. The number of hydrogen-bond donors (Lipinski definition) is 1. The van der Waals surface area contributed by atoms with E-state index < -0.39 is 0 Å². The predicted octanol–water partition coefficient (Wildman–Crippen LogP) is 1.51. The SMILES string of the molecule is CC(C)N1C[C@H](O)C[C@H]1c1nnc2n1CCN(C(=O)c1cccs1)C2. The van der Waals surface area contributed by atoms with Gasteiger partial charge >= 0.3 is 0 Å². The number of carbonyl (C=O) groups excluding carboxylic acids is 1. The first kappa shape index (κ1) is 16.7. The summed E-state index contributed by atoms with van der Waals surface area (Å²) in [6.07, 6.45) is 0.370. The second-order valence-corrected chi connectivity index (χ2v) is 7.97. The molecule has 0 bridgehead atoms. The molecule has 2 aliphatic rings. The first-order valence-electron chi connectivity index (χ1n) is 8.73. The van der Waals surface area contributed by atoms with Crippen LogP contribution in [0.4, 0.5) is 0 Å². The van der Waals surface area contributed by atoms with E-state index in [0.717, 1.165) is 16.5 Å². The number of hydrogen-bond acceptors (Lipinski definition) is 6. The fourth-order valence-electron chi connectivity index (χ4n) is 3.82. The maximum absolute atomic E-state index is 12.6. The van der Waals surface area contributed by atoms with Crippen LogP contribution < -0.4 is 0 Å². The van der Waals surface area contributed by atoms with Crippen LogP contribution in [0.1, 0.15) is 47.6 Å². The van der Waals surface area contributed by atoms with Crippen molar-refractivity contribution in [3.05, 3.63) is 34.0 Å². The molecule has 0 saturated carbocycles. The molecule has 1 N–H and O–H groups in total. The van der Waals surface area contributed by atoms with Crippen LogP contribution in [0.15, 0.2) is 17.5 Å². The van der Waals surface area contributed by atoms with Gasteiger partial charge in [-0.25, -0.2) is 0 Å². The van der Waals surface area contributed by atoms with Crippen molar-refractivity contribution in [2.75, 3.05) is 13.1 Å². The normalized spacial score (nSPS) is 24.1.